The summed E-state index contributed by atoms with van der Waals surface area (Å²) in [6.45, 7) is 2.48. The van der Waals surface area contributed by atoms with Crippen LogP contribution in [0.15, 0.2) is 41.5 Å². The zero-order chi connectivity index (χ0) is 23.9. The van der Waals surface area contributed by atoms with Gasteiger partial charge in [-0.3, -0.25) is 9.79 Å². The van der Waals surface area contributed by atoms with E-state index >= 15 is 0 Å². The number of ether oxygens (including phenoxy) is 1. The van der Waals surface area contributed by atoms with Gasteiger partial charge < -0.3 is 15.8 Å². The summed E-state index contributed by atoms with van der Waals surface area (Å²) in [5.74, 6) is -1.18. The van der Waals surface area contributed by atoms with Gasteiger partial charge >= 0.3 is 0 Å². The van der Waals surface area contributed by atoms with Crippen molar-refractivity contribution in [3.8, 4) is 5.75 Å². The average molecular weight is 442 g/mol. The zero-order valence-electron chi connectivity index (χ0n) is 18.7. The third kappa shape index (κ3) is 4.94. The maximum absolute atomic E-state index is 14.9. The number of pyridine rings is 1. The van der Waals surface area contributed by atoms with Crippen LogP contribution < -0.4 is 15.8 Å². The Balaban J connectivity index is 1.85. The number of aromatic nitrogens is 1. The molecule has 0 unspecified atom stereocenters. The zero-order valence-corrected chi connectivity index (χ0v) is 18.7. The van der Waals surface area contributed by atoms with Crippen LogP contribution in [0.25, 0.3) is 0 Å². The number of hydrogen-bond donors (Lipinski definition) is 2. The first kappa shape index (κ1) is 23.8. The Morgan fingerprint density at radius 2 is 1.97 bits per heavy atom. The first-order valence-corrected chi connectivity index (χ1v) is 10.2. The van der Waals surface area contributed by atoms with Gasteiger partial charge in [0.2, 0.25) is 0 Å². The molecule has 3 N–H and O–H groups in total. The molecule has 0 bridgehead atoms. The monoisotopic (exact) mass is 442 g/mol. The number of carbonyl (C=O) groups excluding carboxylic acids is 1. The summed E-state index contributed by atoms with van der Waals surface area (Å²) < 4.78 is 49.6. The molecule has 166 valence electrons. The molecule has 0 saturated carbocycles. The molecule has 2 aromatic rings. The van der Waals surface area contributed by atoms with E-state index in [0.717, 1.165) is 13.0 Å². The largest absolute Gasteiger partial charge is 0.512 e. The minimum atomic E-state index is -2.12. The Morgan fingerprint density at radius 1 is 1.28 bits per heavy atom. The molecule has 3 atom stereocenters. The molecule has 12 heteroatoms. The summed E-state index contributed by atoms with van der Waals surface area (Å²) in [5.41, 5.74) is 2.02. The highest BCUT2D eigenvalue weighted by Gasteiger charge is 2.49. The maximum atomic E-state index is 14.9. The maximum Gasteiger partial charge on any atom is 0.274 e. The van der Waals surface area contributed by atoms with Crippen LogP contribution in [0.3, 0.4) is 0 Å². The third-order valence-electron chi connectivity index (χ3n) is 5.22. The van der Waals surface area contributed by atoms with Gasteiger partial charge in [-0.1, -0.05) is 0 Å². The van der Waals surface area contributed by atoms with E-state index in [-0.39, 0.29) is 16.9 Å². The second-order valence-corrected chi connectivity index (χ2v) is 9.26. The summed E-state index contributed by atoms with van der Waals surface area (Å²) in [7, 11) is 5.67. The lowest BCUT2D eigenvalue weighted by molar-refractivity contribution is 0.102. The predicted octanol–water partition coefficient (Wildman–Crippen LogP) is 0.405. The Labute approximate surface area is 187 Å². The second-order valence-electron chi connectivity index (χ2n) is 9.26. The Morgan fingerprint density at radius 3 is 2.56 bits per heavy atom. The van der Waals surface area contributed by atoms with Crippen LogP contribution in [-0.4, -0.2) is 57.4 Å². The standard InChI is InChI=1S/C20H24B3F3N4O2/c1-18(26)8-15(25)19(2,30-17(18)27)12-7-10(3-5-13(12)24)29-16(31)14-6-4-11(9-28-14)32-20(21,22)23/h3-7,9,15H,8,21-23H2,1-2H3,(H2,27,30)(H,29,31)/t15-,18+,19-/m1/s1. The van der Waals surface area contributed by atoms with Gasteiger partial charge in [0, 0.05) is 23.0 Å². The number of nitrogens with two attached hydrogens (primary N) is 1. The van der Waals surface area contributed by atoms with Crippen molar-refractivity contribution in [3.05, 3.63) is 53.6 Å². The number of nitrogens with one attached hydrogen (secondary N) is 1. The van der Waals surface area contributed by atoms with Gasteiger partial charge in [0.15, 0.2) is 5.67 Å². The van der Waals surface area contributed by atoms with E-state index < -0.39 is 46.7 Å². The fraction of sp³-hybridized carbons (Fsp3) is 0.350. The van der Waals surface area contributed by atoms with Crippen molar-refractivity contribution in [1.29, 1.82) is 0 Å². The van der Waals surface area contributed by atoms with Crippen LogP contribution in [-0.2, 0) is 5.54 Å². The van der Waals surface area contributed by atoms with Crippen LogP contribution in [0, 0.1) is 5.82 Å². The molecule has 1 amide bonds. The van der Waals surface area contributed by atoms with Crippen molar-refractivity contribution < 1.29 is 22.7 Å². The number of carbonyl (C=O) groups is 1. The van der Waals surface area contributed by atoms with Gasteiger partial charge in [0.1, 0.15) is 58.3 Å². The smallest absolute Gasteiger partial charge is 0.274 e. The number of anilines is 1. The van der Waals surface area contributed by atoms with Crippen LogP contribution >= 0.6 is 0 Å². The molecule has 0 spiro atoms. The van der Waals surface area contributed by atoms with Crippen LogP contribution in [0.2, 0.25) is 0 Å². The Bertz CT molecular complexity index is 1060. The van der Waals surface area contributed by atoms with E-state index in [1.165, 1.54) is 31.3 Å². The summed E-state index contributed by atoms with van der Waals surface area (Å²) in [5, 5.41) is 2.20. The highest BCUT2D eigenvalue weighted by atomic mass is 19.2. The molecule has 6 nitrogen and oxygen atoms in total. The summed E-state index contributed by atoms with van der Waals surface area (Å²) in [4.78, 5) is 20.6. The van der Waals surface area contributed by atoms with Gasteiger partial charge in [-0.25, -0.2) is 18.2 Å². The first-order chi connectivity index (χ1) is 14.7. The lowest BCUT2D eigenvalue weighted by Gasteiger charge is -2.38. The van der Waals surface area contributed by atoms with Crippen molar-refractivity contribution in [2.45, 2.75) is 42.9 Å². The van der Waals surface area contributed by atoms with Crippen LogP contribution in [0.4, 0.5) is 18.9 Å². The Kier molecular flexibility index (Phi) is 6.10. The molecule has 32 heavy (non-hydrogen) atoms. The fourth-order valence-electron chi connectivity index (χ4n) is 3.42. The second kappa shape index (κ2) is 8.22. The lowest BCUT2D eigenvalue weighted by atomic mass is 9.52. The van der Waals surface area contributed by atoms with Crippen molar-refractivity contribution in [2.75, 3.05) is 5.32 Å². The van der Waals surface area contributed by atoms with E-state index in [4.69, 9.17) is 10.5 Å². The molecule has 0 saturated heterocycles. The lowest BCUT2D eigenvalue weighted by Crippen LogP contribution is -2.51. The number of amidine groups is 1. The molecule has 1 aliphatic rings. The van der Waals surface area contributed by atoms with Gasteiger partial charge in [0.25, 0.3) is 5.91 Å². The van der Waals surface area contributed by atoms with Crippen molar-refractivity contribution in [1.82, 2.24) is 4.98 Å². The number of benzene rings is 1. The van der Waals surface area contributed by atoms with Gasteiger partial charge in [-0.05, 0) is 44.2 Å². The fourth-order valence-corrected chi connectivity index (χ4v) is 3.42. The molecule has 0 radical (unpaired) electrons. The topological polar surface area (TPSA) is 89.6 Å². The summed E-state index contributed by atoms with van der Waals surface area (Å²) in [6, 6.07) is 6.80. The molecule has 0 aliphatic carbocycles. The molecule has 1 aromatic carbocycles. The molecule has 1 aromatic heterocycles. The Hall–Kier alpha value is -2.91. The van der Waals surface area contributed by atoms with E-state index in [1.807, 2.05) is 23.5 Å². The summed E-state index contributed by atoms with van der Waals surface area (Å²) >= 11 is 0. The van der Waals surface area contributed by atoms with Crippen molar-refractivity contribution in [2.24, 2.45) is 10.7 Å². The van der Waals surface area contributed by atoms with Gasteiger partial charge in [-0.2, -0.15) is 0 Å². The molecule has 0 fully saturated rings. The number of hydrogen-bond acceptors (Lipinski definition) is 5. The average Bonchev–Trinajstić information content (AvgIpc) is 2.67. The van der Waals surface area contributed by atoms with E-state index in [1.54, 1.807) is 6.07 Å². The van der Waals surface area contributed by atoms with E-state index in [2.05, 4.69) is 15.3 Å². The number of rotatable bonds is 5. The molecular formula is C20H24B3F3N4O2. The quantitative estimate of drug-likeness (QED) is 0.657. The summed E-state index contributed by atoms with van der Waals surface area (Å²) in [6.07, 6.45) is -0.942. The normalized spacial score (nSPS) is 25.7. The number of alkyl halides is 2. The predicted molar refractivity (Wildman–Crippen MR) is 126 cm³/mol. The first-order valence-electron chi connectivity index (χ1n) is 10.2. The minimum absolute atomic E-state index is 0.111. The highest BCUT2D eigenvalue weighted by Crippen LogP contribution is 2.42. The van der Waals surface area contributed by atoms with Crippen molar-refractivity contribution >= 4 is 41.0 Å². The van der Waals surface area contributed by atoms with Gasteiger partial charge in [-0.15, -0.1) is 0 Å². The van der Waals surface area contributed by atoms with E-state index in [0.29, 0.717) is 5.75 Å². The van der Waals surface area contributed by atoms with Crippen LogP contribution in [0.1, 0.15) is 36.3 Å². The number of nitrogens with zero attached hydrogens (tertiary/aromatic N) is 2. The molecule has 3 rings (SSSR count). The molecule has 2 heterocycles. The highest BCUT2D eigenvalue weighted by molar-refractivity contribution is 6.58. The van der Waals surface area contributed by atoms with Gasteiger partial charge in [0.05, 0.1) is 6.20 Å². The van der Waals surface area contributed by atoms with Crippen LogP contribution in [0.5, 0.6) is 5.75 Å². The van der Waals surface area contributed by atoms with E-state index in [9.17, 15) is 18.0 Å². The molecule has 1 aliphatic heterocycles. The molecular weight excluding hydrogens is 418 g/mol. The number of amides is 1. The third-order valence-corrected chi connectivity index (χ3v) is 5.22. The SMILES string of the molecule is BC(B)(B)Oc1ccc(C(=O)Nc2ccc(F)c([C@@]3(C)N=C(N)[C@@](C)(F)C[C@H]3F)c2)nc1. The number of aliphatic imine (C=N–C) groups is 1. The van der Waals surface area contributed by atoms with Crippen molar-refractivity contribution in [3.63, 3.8) is 0 Å². The number of halogens is 3. The minimum Gasteiger partial charge on any atom is -0.512 e.